The Balaban J connectivity index is 0.00000242. The van der Waals surface area contributed by atoms with Gasteiger partial charge in [0.25, 0.3) is 5.91 Å². The molecule has 2 saturated heterocycles. The first kappa shape index (κ1) is 20.1. The van der Waals surface area contributed by atoms with Gasteiger partial charge in [-0.1, -0.05) is 23.2 Å². The minimum atomic E-state index is -0.823. The fourth-order valence-electron chi connectivity index (χ4n) is 1.97. The van der Waals surface area contributed by atoms with Gasteiger partial charge in [0.2, 0.25) is 12.1 Å². The van der Waals surface area contributed by atoms with E-state index in [1.165, 1.54) is 16.6 Å². The number of rotatable bonds is 4. The van der Waals surface area contributed by atoms with Gasteiger partial charge in [-0.25, -0.2) is 0 Å². The first-order chi connectivity index (χ1) is 9.90. The van der Waals surface area contributed by atoms with Crippen LogP contribution >= 0.6 is 35.1 Å². The summed E-state index contributed by atoms with van der Waals surface area (Å²) in [7, 11) is 0. The zero-order valence-corrected chi connectivity index (χ0v) is 13.3. The van der Waals surface area contributed by atoms with Gasteiger partial charge in [-0.2, -0.15) is 5.06 Å². The van der Waals surface area contributed by atoms with Crippen molar-refractivity contribution in [2.24, 2.45) is 0 Å². The number of hydrogen-bond acceptors (Lipinski definition) is 6. The van der Waals surface area contributed by atoms with Gasteiger partial charge in [0, 0.05) is 18.8 Å². The molecule has 22 heavy (non-hydrogen) atoms. The van der Waals surface area contributed by atoms with E-state index in [1.807, 2.05) is 0 Å². The number of ether oxygens (including phenoxy) is 1. The summed E-state index contributed by atoms with van der Waals surface area (Å²) in [5.74, 6) is -1.18. The maximum absolute atomic E-state index is 12.3. The summed E-state index contributed by atoms with van der Waals surface area (Å²) in [4.78, 5) is 40.3. The Bertz CT molecular complexity index is 503. The van der Waals surface area contributed by atoms with Gasteiger partial charge in [0.15, 0.2) is 6.04 Å². The summed E-state index contributed by atoms with van der Waals surface area (Å²) in [6.45, 7) is 1.29. The second-order valence-corrected chi connectivity index (χ2v) is 6.16. The van der Waals surface area contributed by atoms with Crippen LogP contribution in [0.5, 0.6) is 0 Å². The quantitative estimate of drug-likeness (QED) is 0.411. The van der Waals surface area contributed by atoms with Gasteiger partial charge in [-0.05, 0) is 11.9 Å². The summed E-state index contributed by atoms with van der Waals surface area (Å²) < 4.78 is 6.16. The fraction of sp³-hybridized carbons (Fsp3) is 0.545. The van der Waals surface area contributed by atoms with Crippen LogP contribution in [0.15, 0.2) is 9.90 Å². The van der Waals surface area contributed by atoms with E-state index >= 15 is 0 Å². The Labute approximate surface area is 163 Å². The number of carbonyl (C=O) groups excluding carboxylic acids is 3. The molecular weight excluding hydrogens is 366 g/mol. The number of hydroxylamine groups is 2. The van der Waals surface area contributed by atoms with E-state index in [2.05, 4.69) is 0 Å². The molecule has 0 aromatic carbocycles. The van der Waals surface area contributed by atoms with E-state index in [0.29, 0.717) is 6.42 Å². The van der Waals surface area contributed by atoms with Gasteiger partial charge < -0.3 is 4.74 Å². The average Bonchev–Trinajstić information content (AvgIpc) is 2.96. The van der Waals surface area contributed by atoms with Crippen molar-refractivity contribution in [3.05, 3.63) is 9.90 Å². The van der Waals surface area contributed by atoms with Crippen molar-refractivity contribution in [1.82, 2.24) is 9.37 Å². The van der Waals surface area contributed by atoms with Gasteiger partial charge in [0.1, 0.15) is 11.1 Å². The summed E-state index contributed by atoms with van der Waals surface area (Å²) in [5.41, 5.74) is 0. The monoisotopic (exact) mass is 378 g/mol. The number of carbonyl (C=O) groups is 3. The average molecular weight is 379 g/mol. The molecule has 0 N–H and O–H groups in total. The summed E-state index contributed by atoms with van der Waals surface area (Å²) >= 11 is 11.9. The molecule has 0 bridgehead atoms. The van der Waals surface area contributed by atoms with Gasteiger partial charge in [0.05, 0.1) is 6.42 Å². The SMILES string of the molecule is CC(=O)N(SC=C(Cl)Cl)[C@H]1CON(C2CCC(=O)O2)C1=O.[NaH]. The predicted molar refractivity (Wildman–Crippen MR) is 82.7 cm³/mol. The van der Waals surface area contributed by atoms with Gasteiger partial charge >= 0.3 is 35.5 Å². The summed E-state index contributed by atoms with van der Waals surface area (Å²) in [6.07, 6.45) is -0.128. The van der Waals surface area contributed by atoms with E-state index < -0.39 is 18.2 Å². The third kappa shape index (κ3) is 4.77. The van der Waals surface area contributed by atoms with Crippen LogP contribution in [0.1, 0.15) is 19.8 Å². The molecule has 1 unspecified atom stereocenters. The van der Waals surface area contributed by atoms with Crippen molar-refractivity contribution in [3.8, 4) is 0 Å². The molecule has 2 aliphatic heterocycles. The molecule has 2 atom stereocenters. The Morgan fingerprint density at radius 3 is 2.64 bits per heavy atom. The van der Waals surface area contributed by atoms with Crippen molar-refractivity contribution in [2.45, 2.75) is 32.0 Å². The number of esters is 1. The second-order valence-electron chi connectivity index (χ2n) is 4.32. The van der Waals surface area contributed by atoms with Crippen LogP contribution in [0, 0.1) is 0 Å². The summed E-state index contributed by atoms with van der Waals surface area (Å²) in [5, 5.41) is 2.34. The number of amides is 2. The maximum atomic E-state index is 12.3. The van der Waals surface area contributed by atoms with E-state index in [4.69, 9.17) is 32.8 Å². The number of nitrogens with zero attached hydrogens (tertiary/aromatic N) is 2. The number of cyclic esters (lactones) is 1. The first-order valence-corrected chi connectivity index (χ1v) is 7.62. The van der Waals surface area contributed by atoms with Crippen LogP contribution in [-0.2, 0) is 24.0 Å². The molecule has 2 amide bonds. The minimum absolute atomic E-state index is 0. The van der Waals surface area contributed by atoms with E-state index in [1.54, 1.807) is 0 Å². The zero-order chi connectivity index (χ0) is 15.6. The Morgan fingerprint density at radius 1 is 1.45 bits per heavy atom. The van der Waals surface area contributed by atoms with Crippen LogP contribution in [0.2, 0.25) is 0 Å². The number of halogens is 2. The Morgan fingerprint density at radius 2 is 2.14 bits per heavy atom. The van der Waals surface area contributed by atoms with Crippen molar-refractivity contribution in [2.75, 3.05) is 6.61 Å². The normalized spacial score (nSPS) is 23.9. The molecule has 11 heteroatoms. The third-order valence-corrected chi connectivity index (χ3v) is 4.40. The number of hydrogen-bond donors (Lipinski definition) is 0. The molecular formula is C11H13Cl2N2NaO5S. The van der Waals surface area contributed by atoms with Gasteiger partial charge in [-0.3, -0.25) is 23.5 Å². The second kappa shape index (κ2) is 8.77. The van der Waals surface area contributed by atoms with Crippen LogP contribution < -0.4 is 0 Å². The zero-order valence-electron chi connectivity index (χ0n) is 11.0. The molecule has 0 aliphatic carbocycles. The molecule has 0 saturated carbocycles. The van der Waals surface area contributed by atoms with Crippen LogP contribution in [-0.4, -0.2) is 75.6 Å². The Hall–Kier alpha value is 0.0400. The fourth-order valence-corrected chi connectivity index (χ4v) is 2.84. The molecule has 118 valence electrons. The molecule has 2 rings (SSSR count). The topological polar surface area (TPSA) is 76.2 Å². The molecule has 0 aromatic rings. The summed E-state index contributed by atoms with van der Waals surface area (Å²) in [6, 6.07) is -0.823. The van der Waals surface area contributed by atoms with Gasteiger partial charge in [-0.15, -0.1) is 0 Å². The van der Waals surface area contributed by atoms with E-state index in [-0.39, 0.29) is 59.0 Å². The molecule has 0 aromatic heterocycles. The molecule has 7 nitrogen and oxygen atoms in total. The van der Waals surface area contributed by atoms with Crippen molar-refractivity contribution >= 4 is 82.5 Å². The van der Waals surface area contributed by atoms with Crippen molar-refractivity contribution in [3.63, 3.8) is 0 Å². The standard InChI is InChI=1S/C11H12Cl2N2O5S.Na.H/c1-6(16)15(21-5-8(12)13)7-4-19-14(11(7)18)9-2-3-10(17)20-9;;/h5,7,9H,2-4H2,1H3;;/t7-,9?;;/m0../s1. The molecule has 2 aliphatic rings. The van der Waals surface area contributed by atoms with E-state index in [9.17, 15) is 14.4 Å². The molecule has 2 heterocycles. The van der Waals surface area contributed by atoms with Crippen molar-refractivity contribution in [1.29, 1.82) is 0 Å². The molecule has 0 spiro atoms. The van der Waals surface area contributed by atoms with Crippen LogP contribution in [0.25, 0.3) is 0 Å². The van der Waals surface area contributed by atoms with Crippen LogP contribution in [0.4, 0.5) is 0 Å². The third-order valence-electron chi connectivity index (χ3n) is 2.85. The van der Waals surface area contributed by atoms with E-state index in [0.717, 1.165) is 17.0 Å². The first-order valence-electron chi connectivity index (χ1n) is 6.03. The molecule has 0 radical (unpaired) electrons. The predicted octanol–water partition coefficient (Wildman–Crippen LogP) is 0.917. The Kier molecular flexibility index (Phi) is 8.01. The van der Waals surface area contributed by atoms with Crippen LogP contribution in [0.3, 0.4) is 0 Å². The van der Waals surface area contributed by atoms with Crippen molar-refractivity contribution < 1.29 is 24.0 Å². The molecule has 2 fully saturated rings.